The molecule has 0 bridgehead atoms. The van der Waals surface area contributed by atoms with Crippen molar-refractivity contribution in [2.24, 2.45) is 5.41 Å². The van der Waals surface area contributed by atoms with Crippen molar-refractivity contribution < 1.29 is 4.74 Å². The number of methoxy groups -OCH3 is 1. The van der Waals surface area contributed by atoms with Crippen molar-refractivity contribution in [2.75, 3.05) is 33.4 Å². The molecule has 0 fully saturated rings. The van der Waals surface area contributed by atoms with E-state index >= 15 is 0 Å². The van der Waals surface area contributed by atoms with Crippen LogP contribution in [0.1, 0.15) is 34.1 Å². The van der Waals surface area contributed by atoms with Gasteiger partial charge in [-0.3, -0.25) is 0 Å². The van der Waals surface area contributed by atoms with Gasteiger partial charge in [-0.2, -0.15) is 0 Å². The SMILES string of the molecule is CCN(CC)CC(C)(CC)COC. The van der Waals surface area contributed by atoms with Crippen LogP contribution in [0.25, 0.3) is 0 Å². The monoisotopic (exact) mass is 187 g/mol. The lowest BCUT2D eigenvalue weighted by molar-refractivity contribution is 0.0575. The van der Waals surface area contributed by atoms with E-state index < -0.39 is 0 Å². The number of hydrogen-bond acceptors (Lipinski definition) is 2. The van der Waals surface area contributed by atoms with Crippen molar-refractivity contribution >= 4 is 0 Å². The Morgan fingerprint density at radius 1 is 1.15 bits per heavy atom. The highest BCUT2D eigenvalue weighted by atomic mass is 16.5. The van der Waals surface area contributed by atoms with Gasteiger partial charge in [0, 0.05) is 19.1 Å². The van der Waals surface area contributed by atoms with Crippen LogP contribution in [-0.2, 0) is 4.74 Å². The van der Waals surface area contributed by atoms with Gasteiger partial charge in [-0.05, 0) is 19.5 Å². The Labute approximate surface area is 83.3 Å². The summed E-state index contributed by atoms with van der Waals surface area (Å²) in [5.41, 5.74) is 0.320. The van der Waals surface area contributed by atoms with Gasteiger partial charge in [0.15, 0.2) is 0 Å². The fourth-order valence-electron chi connectivity index (χ4n) is 1.60. The molecule has 0 aromatic rings. The second-order valence-electron chi connectivity index (χ2n) is 4.06. The normalized spacial score (nSPS) is 16.2. The molecule has 0 aliphatic heterocycles. The first-order chi connectivity index (χ1) is 6.11. The van der Waals surface area contributed by atoms with Gasteiger partial charge >= 0.3 is 0 Å². The summed E-state index contributed by atoms with van der Waals surface area (Å²) in [4.78, 5) is 2.46. The van der Waals surface area contributed by atoms with Gasteiger partial charge < -0.3 is 9.64 Å². The van der Waals surface area contributed by atoms with E-state index in [0.717, 1.165) is 26.2 Å². The summed E-state index contributed by atoms with van der Waals surface area (Å²) >= 11 is 0. The maximum atomic E-state index is 5.26. The minimum absolute atomic E-state index is 0.320. The van der Waals surface area contributed by atoms with Gasteiger partial charge in [-0.25, -0.2) is 0 Å². The van der Waals surface area contributed by atoms with Gasteiger partial charge in [0.05, 0.1) is 6.61 Å². The van der Waals surface area contributed by atoms with Crippen molar-refractivity contribution in [3.63, 3.8) is 0 Å². The summed E-state index contributed by atoms with van der Waals surface area (Å²) in [7, 11) is 1.79. The van der Waals surface area contributed by atoms with E-state index in [1.165, 1.54) is 6.42 Å². The van der Waals surface area contributed by atoms with Gasteiger partial charge in [0.1, 0.15) is 0 Å². The van der Waals surface area contributed by atoms with Crippen LogP contribution in [0.3, 0.4) is 0 Å². The van der Waals surface area contributed by atoms with Crippen molar-refractivity contribution in [2.45, 2.75) is 34.1 Å². The zero-order chi connectivity index (χ0) is 10.3. The maximum absolute atomic E-state index is 5.26. The second kappa shape index (κ2) is 6.39. The minimum Gasteiger partial charge on any atom is -0.384 e. The number of nitrogens with zero attached hydrogens (tertiary/aromatic N) is 1. The highest BCUT2D eigenvalue weighted by Gasteiger charge is 2.23. The molecule has 2 heteroatoms. The number of ether oxygens (including phenoxy) is 1. The third kappa shape index (κ3) is 4.63. The molecule has 0 N–H and O–H groups in total. The Kier molecular flexibility index (Phi) is 6.35. The number of rotatable bonds is 7. The van der Waals surface area contributed by atoms with Crippen LogP contribution in [0, 0.1) is 5.41 Å². The predicted molar refractivity (Wildman–Crippen MR) is 58.1 cm³/mol. The molecule has 0 rings (SSSR count). The van der Waals surface area contributed by atoms with E-state index in [4.69, 9.17) is 4.74 Å². The molecule has 1 unspecified atom stereocenters. The molecule has 0 heterocycles. The molecule has 0 saturated heterocycles. The highest BCUT2D eigenvalue weighted by molar-refractivity contribution is 4.76. The first kappa shape index (κ1) is 12.9. The predicted octanol–water partition coefficient (Wildman–Crippen LogP) is 2.39. The van der Waals surface area contributed by atoms with Crippen molar-refractivity contribution in [3.8, 4) is 0 Å². The molecule has 0 spiro atoms. The van der Waals surface area contributed by atoms with E-state index in [-0.39, 0.29) is 0 Å². The molecular formula is C11H25NO. The summed E-state index contributed by atoms with van der Waals surface area (Å²) in [5.74, 6) is 0. The summed E-state index contributed by atoms with van der Waals surface area (Å²) in [6.07, 6.45) is 1.18. The van der Waals surface area contributed by atoms with E-state index in [1.807, 2.05) is 0 Å². The largest absolute Gasteiger partial charge is 0.384 e. The van der Waals surface area contributed by atoms with Gasteiger partial charge in [-0.1, -0.05) is 27.7 Å². The molecule has 2 nitrogen and oxygen atoms in total. The number of hydrogen-bond donors (Lipinski definition) is 0. The lowest BCUT2D eigenvalue weighted by atomic mass is 9.88. The zero-order valence-corrected chi connectivity index (χ0v) is 9.89. The molecule has 0 saturated carbocycles. The quantitative estimate of drug-likeness (QED) is 0.607. The third-order valence-corrected chi connectivity index (χ3v) is 2.85. The van der Waals surface area contributed by atoms with Crippen molar-refractivity contribution in [1.82, 2.24) is 4.90 Å². The van der Waals surface area contributed by atoms with Gasteiger partial charge in [0.2, 0.25) is 0 Å². The Bertz CT molecular complexity index is 123. The molecule has 0 amide bonds. The molecule has 0 aliphatic carbocycles. The van der Waals surface area contributed by atoms with Gasteiger partial charge in [0.25, 0.3) is 0 Å². The smallest absolute Gasteiger partial charge is 0.0528 e. The van der Waals surface area contributed by atoms with E-state index in [0.29, 0.717) is 5.41 Å². The van der Waals surface area contributed by atoms with E-state index in [2.05, 4.69) is 32.6 Å². The Hall–Kier alpha value is -0.0800. The minimum atomic E-state index is 0.320. The Morgan fingerprint density at radius 3 is 2.00 bits per heavy atom. The molecule has 80 valence electrons. The molecule has 0 aliphatic rings. The van der Waals surface area contributed by atoms with Crippen LogP contribution in [-0.4, -0.2) is 38.3 Å². The van der Waals surface area contributed by atoms with Crippen molar-refractivity contribution in [1.29, 1.82) is 0 Å². The topological polar surface area (TPSA) is 12.5 Å². The molecule has 1 atom stereocenters. The lowest BCUT2D eigenvalue weighted by Crippen LogP contribution is -2.38. The fourth-order valence-corrected chi connectivity index (χ4v) is 1.60. The first-order valence-electron chi connectivity index (χ1n) is 5.33. The van der Waals surface area contributed by atoms with E-state index in [9.17, 15) is 0 Å². The zero-order valence-electron chi connectivity index (χ0n) is 9.89. The van der Waals surface area contributed by atoms with Crippen LogP contribution in [0.5, 0.6) is 0 Å². The molecule has 13 heavy (non-hydrogen) atoms. The van der Waals surface area contributed by atoms with E-state index in [1.54, 1.807) is 7.11 Å². The average molecular weight is 187 g/mol. The molecule has 0 aromatic carbocycles. The lowest BCUT2D eigenvalue weighted by Gasteiger charge is -2.33. The standard InChI is InChI=1S/C11H25NO/c1-6-11(4,10-13-5)9-12(7-2)8-3/h6-10H2,1-5H3. The Morgan fingerprint density at radius 2 is 1.69 bits per heavy atom. The summed E-state index contributed by atoms with van der Waals surface area (Å²) in [5, 5.41) is 0. The second-order valence-corrected chi connectivity index (χ2v) is 4.06. The molecule has 0 aromatic heterocycles. The van der Waals surface area contributed by atoms with Crippen LogP contribution in [0.4, 0.5) is 0 Å². The van der Waals surface area contributed by atoms with Crippen LogP contribution in [0.15, 0.2) is 0 Å². The Balaban J connectivity index is 4.07. The average Bonchev–Trinajstić information content (AvgIpc) is 2.15. The van der Waals surface area contributed by atoms with Crippen LogP contribution >= 0.6 is 0 Å². The highest BCUT2D eigenvalue weighted by Crippen LogP contribution is 2.22. The molecule has 0 radical (unpaired) electrons. The maximum Gasteiger partial charge on any atom is 0.0528 e. The fraction of sp³-hybridized carbons (Fsp3) is 1.00. The third-order valence-electron chi connectivity index (χ3n) is 2.85. The summed E-state index contributed by atoms with van der Waals surface area (Å²) in [6.45, 7) is 13.2. The van der Waals surface area contributed by atoms with Gasteiger partial charge in [-0.15, -0.1) is 0 Å². The van der Waals surface area contributed by atoms with Crippen LogP contribution < -0.4 is 0 Å². The summed E-state index contributed by atoms with van der Waals surface area (Å²) < 4.78 is 5.26. The molecular weight excluding hydrogens is 162 g/mol. The van der Waals surface area contributed by atoms with Crippen molar-refractivity contribution in [3.05, 3.63) is 0 Å². The van der Waals surface area contributed by atoms with Crippen LogP contribution in [0.2, 0.25) is 0 Å². The first-order valence-corrected chi connectivity index (χ1v) is 5.33. The summed E-state index contributed by atoms with van der Waals surface area (Å²) in [6, 6.07) is 0.